The Labute approximate surface area is 145 Å². The van der Waals surface area contributed by atoms with Crippen LogP contribution in [0.2, 0.25) is 0 Å². The topological polar surface area (TPSA) is 55.4 Å². The van der Waals surface area contributed by atoms with E-state index in [1.165, 1.54) is 12.8 Å². The number of hydrogen-bond donors (Lipinski definition) is 1. The van der Waals surface area contributed by atoms with E-state index in [1.807, 2.05) is 24.3 Å². The van der Waals surface area contributed by atoms with Gasteiger partial charge in [0.05, 0.1) is 0 Å². The number of carbonyl (C=O) groups excluding carboxylic acids is 2. The highest BCUT2D eigenvalue weighted by molar-refractivity contribution is 5.78. The van der Waals surface area contributed by atoms with Gasteiger partial charge in [-0.2, -0.15) is 0 Å². The van der Waals surface area contributed by atoms with Crippen LogP contribution >= 0.6 is 0 Å². The molecule has 24 heavy (non-hydrogen) atoms. The molecule has 1 N–H and O–H groups in total. The fraction of sp³-hybridized carbons (Fsp3) is 0.600. The van der Waals surface area contributed by atoms with Gasteiger partial charge in [0.1, 0.15) is 11.5 Å². The molecule has 2 rings (SSSR count). The molecule has 0 spiro atoms. The first-order valence-corrected chi connectivity index (χ1v) is 8.96. The zero-order valence-corrected chi connectivity index (χ0v) is 15.0. The van der Waals surface area contributed by atoms with Crippen molar-refractivity contribution < 1.29 is 14.3 Å². The van der Waals surface area contributed by atoms with Gasteiger partial charge in [0.25, 0.3) is 5.91 Å². The van der Waals surface area contributed by atoms with Crippen LogP contribution in [-0.2, 0) is 16.0 Å². The number of ketones is 1. The molecule has 4 heteroatoms. The molecule has 1 saturated carbocycles. The second kappa shape index (κ2) is 8.86. The quantitative estimate of drug-likeness (QED) is 0.831. The van der Waals surface area contributed by atoms with Crippen LogP contribution in [-0.4, -0.2) is 24.3 Å². The number of aryl methyl sites for hydroxylation is 1. The number of nitrogens with one attached hydrogen (secondary N) is 1. The van der Waals surface area contributed by atoms with E-state index in [0.29, 0.717) is 24.0 Å². The normalized spacial score (nSPS) is 23.5. The van der Waals surface area contributed by atoms with Gasteiger partial charge in [0, 0.05) is 12.5 Å². The van der Waals surface area contributed by atoms with Gasteiger partial charge in [0.15, 0.2) is 6.61 Å². The van der Waals surface area contributed by atoms with Gasteiger partial charge in [-0.05, 0) is 49.3 Å². The summed E-state index contributed by atoms with van der Waals surface area (Å²) in [5.41, 5.74) is 1.10. The third kappa shape index (κ3) is 5.66. The minimum absolute atomic E-state index is 0.0460. The van der Waals surface area contributed by atoms with E-state index in [4.69, 9.17) is 4.74 Å². The molecule has 1 aliphatic rings. The average Bonchev–Trinajstić information content (AvgIpc) is 2.56. The molecule has 0 radical (unpaired) electrons. The van der Waals surface area contributed by atoms with Crippen molar-refractivity contribution in [2.45, 2.75) is 58.9 Å². The summed E-state index contributed by atoms with van der Waals surface area (Å²) in [4.78, 5) is 23.1. The third-order valence-corrected chi connectivity index (χ3v) is 5.11. The molecule has 0 aliphatic heterocycles. The fourth-order valence-electron chi connectivity index (χ4n) is 3.26. The lowest BCUT2D eigenvalue weighted by Crippen LogP contribution is -2.45. The van der Waals surface area contributed by atoms with Crippen LogP contribution in [0.3, 0.4) is 0 Å². The SMILES string of the molecule is CC(=O)CCc1ccc(OCC(=O)N[C@H]2CCC[C@H](C)[C@H]2C)cc1. The van der Waals surface area contributed by atoms with Crippen molar-refractivity contribution in [1.82, 2.24) is 5.32 Å². The van der Waals surface area contributed by atoms with Crippen molar-refractivity contribution in [2.75, 3.05) is 6.61 Å². The first kappa shape index (κ1) is 18.5. The fourth-order valence-corrected chi connectivity index (χ4v) is 3.26. The Kier molecular flexibility index (Phi) is 6.83. The largest absolute Gasteiger partial charge is 0.484 e. The Morgan fingerprint density at radius 3 is 2.54 bits per heavy atom. The van der Waals surface area contributed by atoms with Gasteiger partial charge in [-0.1, -0.05) is 38.8 Å². The monoisotopic (exact) mass is 331 g/mol. The molecule has 0 saturated heterocycles. The Balaban J connectivity index is 1.76. The van der Waals surface area contributed by atoms with Gasteiger partial charge in [-0.15, -0.1) is 0 Å². The minimum Gasteiger partial charge on any atom is -0.484 e. The second-order valence-corrected chi connectivity index (χ2v) is 7.08. The molecule has 1 aliphatic carbocycles. The van der Waals surface area contributed by atoms with Crippen molar-refractivity contribution in [2.24, 2.45) is 11.8 Å². The van der Waals surface area contributed by atoms with Gasteiger partial charge >= 0.3 is 0 Å². The lowest BCUT2D eigenvalue weighted by molar-refractivity contribution is -0.124. The highest BCUT2D eigenvalue weighted by Gasteiger charge is 2.28. The first-order chi connectivity index (χ1) is 11.5. The standard InChI is InChI=1S/C20H29NO3/c1-14-5-4-6-19(16(14)3)21-20(23)13-24-18-11-9-17(10-12-18)8-7-15(2)22/h9-12,14,16,19H,4-8,13H2,1-3H3,(H,21,23)/t14-,16+,19-/m0/s1. The molecule has 0 heterocycles. The maximum absolute atomic E-state index is 12.1. The van der Waals surface area contributed by atoms with Crippen LogP contribution < -0.4 is 10.1 Å². The van der Waals surface area contributed by atoms with E-state index in [1.54, 1.807) is 6.92 Å². The summed E-state index contributed by atoms with van der Waals surface area (Å²) in [6, 6.07) is 7.86. The molecule has 0 unspecified atom stereocenters. The molecule has 1 aromatic rings. The minimum atomic E-state index is -0.0541. The molecule has 3 atom stereocenters. The smallest absolute Gasteiger partial charge is 0.258 e. The van der Waals surface area contributed by atoms with Crippen LogP contribution in [0.25, 0.3) is 0 Å². The Morgan fingerprint density at radius 2 is 1.88 bits per heavy atom. The van der Waals surface area contributed by atoms with Crippen molar-refractivity contribution in [1.29, 1.82) is 0 Å². The van der Waals surface area contributed by atoms with Gasteiger partial charge in [0.2, 0.25) is 0 Å². The number of hydrogen-bond acceptors (Lipinski definition) is 3. The molecule has 0 bridgehead atoms. The number of rotatable bonds is 7. The van der Waals surface area contributed by atoms with E-state index in [-0.39, 0.29) is 24.3 Å². The molecule has 1 fully saturated rings. The Bertz CT molecular complexity index is 553. The summed E-state index contributed by atoms with van der Waals surface area (Å²) >= 11 is 0. The van der Waals surface area contributed by atoms with E-state index in [2.05, 4.69) is 19.2 Å². The maximum atomic E-state index is 12.1. The van der Waals surface area contributed by atoms with Crippen LogP contribution in [0.5, 0.6) is 5.75 Å². The maximum Gasteiger partial charge on any atom is 0.258 e. The van der Waals surface area contributed by atoms with Crippen molar-refractivity contribution in [3.8, 4) is 5.75 Å². The van der Waals surface area contributed by atoms with Gasteiger partial charge in [-0.3, -0.25) is 4.79 Å². The number of carbonyl (C=O) groups is 2. The summed E-state index contributed by atoms with van der Waals surface area (Å²) < 4.78 is 5.57. The van der Waals surface area contributed by atoms with Crippen LogP contribution in [0.1, 0.15) is 52.0 Å². The van der Waals surface area contributed by atoms with Gasteiger partial charge < -0.3 is 14.8 Å². The Morgan fingerprint density at radius 1 is 1.17 bits per heavy atom. The zero-order valence-electron chi connectivity index (χ0n) is 15.0. The lowest BCUT2D eigenvalue weighted by atomic mass is 9.78. The number of ether oxygens (including phenoxy) is 1. The summed E-state index contributed by atoms with van der Waals surface area (Å²) in [5.74, 6) is 2.00. The molecule has 1 aromatic carbocycles. The molecular formula is C20H29NO3. The highest BCUT2D eigenvalue weighted by Crippen LogP contribution is 2.29. The Hall–Kier alpha value is -1.84. The van der Waals surface area contributed by atoms with Crippen LogP contribution in [0.15, 0.2) is 24.3 Å². The predicted molar refractivity (Wildman–Crippen MR) is 95.0 cm³/mol. The van der Waals surface area contributed by atoms with Crippen molar-refractivity contribution >= 4 is 11.7 Å². The third-order valence-electron chi connectivity index (χ3n) is 5.11. The van der Waals surface area contributed by atoms with Crippen LogP contribution in [0.4, 0.5) is 0 Å². The van der Waals surface area contributed by atoms with E-state index < -0.39 is 0 Å². The zero-order chi connectivity index (χ0) is 17.5. The molecule has 0 aromatic heterocycles. The predicted octanol–water partition coefficient (Wildman–Crippen LogP) is 3.53. The number of benzene rings is 1. The average molecular weight is 331 g/mol. The van der Waals surface area contributed by atoms with E-state index >= 15 is 0 Å². The first-order valence-electron chi connectivity index (χ1n) is 8.96. The van der Waals surface area contributed by atoms with E-state index in [9.17, 15) is 9.59 Å². The van der Waals surface area contributed by atoms with Crippen LogP contribution in [0, 0.1) is 11.8 Å². The molecule has 4 nitrogen and oxygen atoms in total. The summed E-state index contributed by atoms with van der Waals surface area (Å²) in [5, 5.41) is 3.11. The number of amides is 1. The van der Waals surface area contributed by atoms with Crippen molar-refractivity contribution in [3.63, 3.8) is 0 Å². The number of Topliss-reactive ketones (excluding diaryl/α,β-unsaturated/α-hetero) is 1. The second-order valence-electron chi connectivity index (χ2n) is 7.08. The van der Waals surface area contributed by atoms with E-state index in [0.717, 1.165) is 18.4 Å². The molecule has 1 amide bonds. The summed E-state index contributed by atoms with van der Waals surface area (Å²) in [6.45, 7) is 6.12. The molecule has 132 valence electrons. The highest BCUT2D eigenvalue weighted by atomic mass is 16.5. The summed E-state index contributed by atoms with van der Waals surface area (Å²) in [7, 11) is 0. The summed E-state index contributed by atoms with van der Waals surface area (Å²) in [6.07, 6.45) is 4.79. The van der Waals surface area contributed by atoms with Gasteiger partial charge in [-0.25, -0.2) is 0 Å². The van der Waals surface area contributed by atoms with Crippen molar-refractivity contribution in [3.05, 3.63) is 29.8 Å². The molecular weight excluding hydrogens is 302 g/mol. The lowest BCUT2D eigenvalue weighted by Gasteiger charge is -2.34.